The Bertz CT molecular complexity index is 813. The fourth-order valence-electron chi connectivity index (χ4n) is 1.44. The smallest absolute Gasteiger partial charge is 0.358 e. The molecule has 2 rings (SSSR count). The third kappa shape index (κ3) is 3.26. The summed E-state index contributed by atoms with van der Waals surface area (Å²) in [7, 11) is -4.23. The van der Waals surface area contributed by atoms with Gasteiger partial charge in [-0.15, -0.1) is 0 Å². The molecule has 2 N–H and O–H groups in total. The van der Waals surface area contributed by atoms with Crippen molar-refractivity contribution in [3.05, 3.63) is 47.1 Å². The third-order valence-corrected chi connectivity index (χ3v) is 4.14. The summed E-state index contributed by atoms with van der Waals surface area (Å²) >= 11 is 5.67. The number of hydrogen-bond donors (Lipinski definition) is 2. The van der Waals surface area contributed by atoms with Gasteiger partial charge in [-0.2, -0.15) is 0 Å². The molecule has 0 radical (unpaired) electrons. The van der Waals surface area contributed by atoms with Crippen molar-refractivity contribution >= 4 is 33.4 Å². The van der Waals surface area contributed by atoms with Gasteiger partial charge in [-0.05, 0) is 18.2 Å². The molecule has 0 spiro atoms. The van der Waals surface area contributed by atoms with Gasteiger partial charge < -0.3 is 5.11 Å². The second-order valence-corrected chi connectivity index (χ2v) is 5.80. The minimum absolute atomic E-state index is 0.344. The molecular formula is C11H7ClFN3O4S. The van der Waals surface area contributed by atoms with Crippen molar-refractivity contribution in [2.75, 3.05) is 4.72 Å². The van der Waals surface area contributed by atoms with Crippen molar-refractivity contribution < 1.29 is 22.7 Å². The summed E-state index contributed by atoms with van der Waals surface area (Å²) < 4.78 is 39.1. The van der Waals surface area contributed by atoms with Crippen molar-refractivity contribution in [2.24, 2.45) is 0 Å². The van der Waals surface area contributed by atoms with Gasteiger partial charge in [-0.3, -0.25) is 4.72 Å². The van der Waals surface area contributed by atoms with E-state index >= 15 is 0 Å². The van der Waals surface area contributed by atoms with Crippen LogP contribution in [0.25, 0.3) is 0 Å². The zero-order chi connectivity index (χ0) is 15.6. The molecule has 7 nitrogen and oxygen atoms in total. The zero-order valence-corrected chi connectivity index (χ0v) is 11.7. The highest BCUT2D eigenvalue weighted by atomic mass is 35.5. The van der Waals surface area contributed by atoms with Gasteiger partial charge in [0.2, 0.25) is 0 Å². The van der Waals surface area contributed by atoms with E-state index in [2.05, 4.69) is 9.97 Å². The maximum atomic E-state index is 12.9. The number of anilines is 1. The zero-order valence-electron chi connectivity index (χ0n) is 10.1. The minimum atomic E-state index is -4.23. The highest BCUT2D eigenvalue weighted by molar-refractivity contribution is 7.92. The normalized spacial score (nSPS) is 11.1. The lowest BCUT2D eigenvalue weighted by atomic mass is 10.3. The third-order valence-electron chi connectivity index (χ3n) is 2.32. The van der Waals surface area contributed by atoms with Gasteiger partial charge >= 0.3 is 5.97 Å². The van der Waals surface area contributed by atoms with Crippen LogP contribution < -0.4 is 4.72 Å². The molecule has 2 aromatic rings. The van der Waals surface area contributed by atoms with E-state index < -0.39 is 38.2 Å². The minimum Gasteiger partial charge on any atom is -0.476 e. The number of carbonyl (C=O) groups is 1. The summed E-state index contributed by atoms with van der Waals surface area (Å²) in [6, 6.07) is 2.69. The summed E-state index contributed by atoms with van der Waals surface area (Å²) in [4.78, 5) is 17.7. The first-order chi connectivity index (χ1) is 9.81. The second-order valence-electron chi connectivity index (χ2n) is 3.74. The maximum absolute atomic E-state index is 12.9. The van der Waals surface area contributed by atoms with Gasteiger partial charge in [0.15, 0.2) is 11.5 Å². The maximum Gasteiger partial charge on any atom is 0.358 e. The van der Waals surface area contributed by atoms with Crippen LogP contribution in [0.5, 0.6) is 0 Å². The molecule has 0 bridgehead atoms. The molecule has 0 unspecified atom stereocenters. The van der Waals surface area contributed by atoms with Crippen LogP contribution in [0.15, 0.2) is 35.5 Å². The first kappa shape index (κ1) is 15.1. The number of nitrogens with one attached hydrogen (secondary N) is 1. The number of carboxylic acid groups (broad SMARTS) is 1. The van der Waals surface area contributed by atoms with E-state index in [9.17, 15) is 17.6 Å². The highest BCUT2D eigenvalue weighted by Gasteiger charge is 2.22. The molecule has 0 fully saturated rings. The van der Waals surface area contributed by atoms with E-state index in [1.807, 2.05) is 4.72 Å². The molecule has 0 amide bonds. The molecule has 0 atom stereocenters. The van der Waals surface area contributed by atoms with Gasteiger partial charge in [0, 0.05) is 12.4 Å². The van der Waals surface area contributed by atoms with Gasteiger partial charge in [-0.1, -0.05) is 11.6 Å². The Labute approximate surface area is 123 Å². The molecular weight excluding hydrogens is 325 g/mol. The SMILES string of the molecule is O=C(O)c1nccnc1NS(=O)(=O)c1ccc(F)cc1Cl. The Balaban J connectivity index is 2.45. The molecule has 1 heterocycles. The van der Waals surface area contributed by atoms with Gasteiger partial charge in [-0.25, -0.2) is 27.6 Å². The molecule has 0 saturated carbocycles. The van der Waals surface area contributed by atoms with Crippen molar-refractivity contribution in [2.45, 2.75) is 4.90 Å². The van der Waals surface area contributed by atoms with E-state index in [4.69, 9.17) is 16.7 Å². The quantitative estimate of drug-likeness (QED) is 0.883. The van der Waals surface area contributed by atoms with E-state index in [-0.39, 0.29) is 5.02 Å². The van der Waals surface area contributed by atoms with Crippen molar-refractivity contribution in [3.8, 4) is 0 Å². The Kier molecular flexibility index (Phi) is 4.05. The molecule has 10 heteroatoms. The van der Waals surface area contributed by atoms with Crippen LogP contribution in [0.4, 0.5) is 10.2 Å². The summed E-state index contributed by atoms with van der Waals surface area (Å²) in [5, 5.41) is 8.57. The molecule has 0 aliphatic rings. The van der Waals surface area contributed by atoms with Gasteiger partial charge in [0.05, 0.1) is 5.02 Å². The van der Waals surface area contributed by atoms with E-state index in [0.717, 1.165) is 30.6 Å². The lowest BCUT2D eigenvalue weighted by Gasteiger charge is -2.09. The number of carboxylic acids is 1. The standard InChI is InChI=1S/C11H7ClFN3O4S/c12-7-5-6(13)1-2-8(7)21(19,20)16-10-9(11(17)18)14-3-4-15-10/h1-5H,(H,15,16)(H,17,18). The molecule has 1 aromatic carbocycles. The van der Waals surface area contributed by atoms with E-state index in [1.165, 1.54) is 0 Å². The second kappa shape index (κ2) is 5.62. The fraction of sp³-hybridized carbons (Fsp3) is 0. The number of benzene rings is 1. The average Bonchev–Trinajstić information content (AvgIpc) is 2.37. The van der Waals surface area contributed by atoms with Crippen molar-refractivity contribution in [1.82, 2.24) is 9.97 Å². The predicted molar refractivity (Wildman–Crippen MR) is 71.2 cm³/mol. The molecule has 0 aliphatic heterocycles. The molecule has 1 aromatic heterocycles. The van der Waals surface area contributed by atoms with Crippen LogP contribution in [-0.4, -0.2) is 29.5 Å². The monoisotopic (exact) mass is 331 g/mol. The van der Waals surface area contributed by atoms with Crippen LogP contribution in [0.1, 0.15) is 10.5 Å². The molecule has 0 saturated heterocycles. The Morgan fingerprint density at radius 3 is 2.57 bits per heavy atom. The number of sulfonamides is 1. The number of nitrogens with zero attached hydrogens (tertiary/aromatic N) is 2. The van der Waals surface area contributed by atoms with Crippen LogP contribution in [-0.2, 0) is 10.0 Å². The van der Waals surface area contributed by atoms with Crippen molar-refractivity contribution in [3.63, 3.8) is 0 Å². The molecule has 110 valence electrons. The number of hydrogen-bond acceptors (Lipinski definition) is 5. The number of halogens is 2. The number of rotatable bonds is 4. The van der Waals surface area contributed by atoms with Crippen LogP contribution in [0.2, 0.25) is 5.02 Å². The van der Waals surface area contributed by atoms with E-state index in [0.29, 0.717) is 0 Å². The lowest BCUT2D eigenvalue weighted by molar-refractivity contribution is 0.0691. The Morgan fingerprint density at radius 2 is 1.95 bits per heavy atom. The summed E-state index contributed by atoms with van der Waals surface area (Å²) in [5.74, 6) is -2.62. The number of aromatic nitrogens is 2. The fourth-order valence-corrected chi connectivity index (χ4v) is 2.99. The van der Waals surface area contributed by atoms with Crippen LogP contribution in [0.3, 0.4) is 0 Å². The summed E-state index contributed by atoms with van der Waals surface area (Å²) in [5.41, 5.74) is -0.570. The number of aromatic carboxylic acids is 1. The summed E-state index contributed by atoms with van der Waals surface area (Å²) in [6.07, 6.45) is 2.22. The van der Waals surface area contributed by atoms with Crippen LogP contribution in [0, 0.1) is 5.82 Å². The first-order valence-corrected chi connectivity index (χ1v) is 7.19. The highest BCUT2D eigenvalue weighted by Crippen LogP contribution is 2.24. The van der Waals surface area contributed by atoms with Crippen LogP contribution >= 0.6 is 11.6 Å². The Hall–Kier alpha value is -2.26. The average molecular weight is 332 g/mol. The van der Waals surface area contributed by atoms with Gasteiger partial charge in [0.25, 0.3) is 10.0 Å². The largest absolute Gasteiger partial charge is 0.476 e. The summed E-state index contributed by atoms with van der Waals surface area (Å²) in [6.45, 7) is 0. The topological polar surface area (TPSA) is 109 Å². The first-order valence-electron chi connectivity index (χ1n) is 5.33. The van der Waals surface area contributed by atoms with Gasteiger partial charge in [0.1, 0.15) is 10.7 Å². The Morgan fingerprint density at radius 1 is 1.29 bits per heavy atom. The van der Waals surface area contributed by atoms with E-state index in [1.54, 1.807) is 0 Å². The molecule has 0 aliphatic carbocycles. The molecule has 21 heavy (non-hydrogen) atoms. The predicted octanol–water partition coefficient (Wildman–Crippen LogP) is 1.77. The van der Waals surface area contributed by atoms with Crippen molar-refractivity contribution in [1.29, 1.82) is 0 Å². The lowest BCUT2D eigenvalue weighted by Crippen LogP contribution is -2.18.